The van der Waals surface area contributed by atoms with Gasteiger partial charge in [-0.2, -0.15) is 0 Å². The van der Waals surface area contributed by atoms with Crippen LogP contribution in [0.15, 0.2) is 47.4 Å². The van der Waals surface area contributed by atoms with E-state index >= 15 is 0 Å². The second-order valence-electron chi connectivity index (χ2n) is 4.79. The Kier molecular flexibility index (Phi) is 5.07. The molecular formula is C15H14F2N2O3S. The highest BCUT2D eigenvalue weighted by atomic mass is 32.2. The van der Waals surface area contributed by atoms with Gasteiger partial charge in [0.2, 0.25) is 15.9 Å². The van der Waals surface area contributed by atoms with Crippen molar-refractivity contribution in [2.75, 3.05) is 11.9 Å². The maximum Gasteiger partial charge on any atom is 0.241 e. The van der Waals surface area contributed by atoms with Crippen LogP contribution < -0.4 is 10.0 Å². The van der Waals surface area contributed by atoms with E-state index in [0.29, 0.717) is 5.56 Å². The maximum atomic E-state index is 13.1. The predicted molar refractivity (Wildman–Crippen MR) is 81.4 cm³/mol. The van der Waals surface area contributed by atoms with Crippen LogP contribution in [0, 0.1) is 18.6 Å². The Morgan fingerprint density at radius 1 is 1.04 bits per heavy atom. The minimum Gasteiger partial charge on any atom is -0.325 e. The Morgan fingerprint density at radius 3 is 2.30 bits per heavy atom. The molecule has 2 aromatic carbocycles. The van der Waals surface area contributed by atoms with E-state index in [1.807, 2.05) is 0 Å². The zero-order valence-corrected chi connectivity index (χ0v) is 13.0. The fraction of sp³-hybridized carbons (Fsp3) is 0.133. The lowest BCUT2D eigenvalue weighted by atomic mass is 10.2. The molecule has 0 unspecified atom stereocenters. The third-order valence-electron chi connectivity index (χ3n) is 3.02. The Hall–Kier alpha value is -2.32. The fourth-order valence-electron chi connectivity index (χ4n) is 1.78. The van der Waals surface area contributed by atoms with Gasteiger partial charge in [-0.1, -0.05) is 6.07 Å². The third kappa shape index (κ3) is 4.57. The molecule has 0 atom stereocenters. The van der Waals surface area contributed by atoms with Gasteiger partial charge in [0.25, 0.3) is 0 Å². The number of benzene rings is 2. The normalized spacial score (nSPS) is 11.3. The largest absolute Gasteiger partial charge is 0.325 e. The molecule has 2 rings (SSSR count). The molecule has 2 N–H and O–H groups in total. The predicted octanol–water partition coefficient (Wildman–Crippen LogP) is 2.19. The SMILES string of the molecule is Cc1ccc(F)cc1NC(=O)CNS(=O)(=O)c1ccc(F)cc1. The summed E-state index contributed by atoms with van der Waals surface area (Å²) in [6.45, 7) is 1.15. The van der Waals surface area contributed by atoms with Gasteiger partial charge in [0.15, 0.2) is 0 Å². The number of rotatable bonds is 5. The molecule has 0 aromatic heterocycles. The first-order valence-electron chi connectivity index (χ1n) is 6.59. The van der Waals surface area contributed by atoms with Crippen LogP contribution >= 0.6 is 0 Å². The average Bonchev–Trinajstić information content (AvgIpc) is 2.49. The number of aryl methyl sites for hydroxylation is 1. The average molecular weight is 340 g/mol. The summed E-state index contributed by atoms with van der Waals surface area (Å²) in [5.74, 6) is -1.73. The standard InChI is InChI=1S/C15H14F2N2O3S/c1-10-2-3-12(17)8-14(10)19-15(20)9-18-23(21,22)13-6-4-11(16)5-7-13/h2-8,18H,9H2,1H3,(H,19,20). The van der Waals surface area contributed by atoms with Crippen LogP contribution in [0.3, 0.4) is 0 Å². The summed E-state index contributed by atoms with van der Waals surface area (Å²) in [4.78, 5) is 11.6. The van der Waals surface area contributed by atoms with Crippen molar-refractivity contribution in [1.82, 2.24) is 4.72 Å². The van der Waals surface area contributed by atoms with E-state index in [2.05, 4.69) is 10.0 Å². The van der Waals surface area contributed by atoms with E-state index in [-0.39, 0.29) is 10.6 Å². The number of sulfonamides is 1. The summed E-state index contributed by atoms with van der Waals surface area (Å²) in [6.07, 6.45) is 0. The number of carbonyl (C=O) groups is 1. The highest BCUT2D eigenvalue weighted by molar-refractivity contribution is 7.89. The summed E-state index contributed by atoms with van der Waals surface area (Å²) in [6, 6.07) is 8.08. The van der Waals surface area contributed by atoms with Gasteiger partial charge in [0.05, 0.1) is 11.4 Å². The summed E-state index contributed by atoms with van der Waals surface area (Å²) in [5.41, 5.74) is 0.900. The molecule has 0 heterocycles. The van der Waals surface area contributed by atoms with E-state index in [9.17, 15) is 22.0 Å². The van der Waals surface area contributed by atoms with Gasteiger partial charge in [-0.15, -0.1) is 0 Å². The molecule has 0 saturated heterocycles. The number of carbonyl (C=O) groups excluding carboxylic acids is 1. The maximum absolute atomic E-state index is 13.1. The zero-order chi connectivity index (χ0) is 17.0. The molecule has 2 aromatic rings. The molecular weight excluding hydrogens is 326 g/mol. The van der Waals surface area contributed by atoms with E-state index in [1.54, 1.807) is 6.92 Å². The van der Waals surface area contributed by atoms with E-state index in [0.717, 1.165) is 30.3 Å². The van der Waals surface area contributed by atoms with Gasteiger partial charge in [-0.25, -0.2) is 21.9 Å². The van der Waals surface area contributed by atoms with Crippen molar-refractivity contribution in [3.8, 4) is 0 Å². The second-order valence-corrected chi connectivity index (χ2v) is 6.55. The van der Waals surface area contributed by atoms with Crippen molar-refractivity contribution < 1.29 is 22.0 Å². The van der Waals surface area contributed by atoms with Gasteiger partial charge in [-0.3, -0.25) is 4.79 Å². The smallest absolute Gasteiger partial charge is 0.241 e. The van der Waals surface area contributed by atoms with Crippen molar-refractivity contribution >= 4 is 21.6 Å². The first kappa shape index (κ1) is 17.0. The summed E-state index contributed by atoms with van der Waals surface area (Å²) < 4.78 is 51.9. The van der Waals surface area contributed by atoms with Gasteiger partial charge >= 0.3 is 0 Å². The Morgan fingerprint density at radius 2 is 1.65 bits per heavy atom. The molecule has 8 heteroatoms. The zero-order valence-electron chi connectivity index (χ0n) is 12.1. The molecule has 5 nitrogen and oxygen atoms in total. The van der Waals surface area contributed by atoms with Crippen LogP contribution in [-0.2, 0) is 14.8 Å². The molecule has 0 radical (unpaired) electrons. The lowest BCUT2D eigenvalue weighted by molar-refractivity contribution is -0.115. The molecule has 23 heavy (non-hydrogen) atoms. The van der Waals surface area contributed by atoms with Crippen molar-refractivity contribution in [2.45, 2.75) is 11.8 Å². The van der Waals surface area contributed by atoms with Crippen LogP contribution in [0.1, 0.15) is 5.56 Å². The van der Waals surface area contributed by atoms with Crippen LogP contribution in [-0.4, -0.2) is 20.9 Å². The number of anilines is 1. The van der Waals surface area contributed by atoms with Crippen molar-refractivity contribution in [2.24, 2.45) is 0 Å². The summed E-state index contributed by atoms with van der Waals surface area (Å²) in [7, 11) is -3.93. The Balaban J connectivity index is 2.01. The first-order chi connectivity index (χ1) is 10.8. The number of amides is 1. The lowest BCUT2D eigenvalue weighted by Gasteiger charge is -2.10. The first-order valence-corrected chi connectivity index (χ1v) is 8.07. The van der Waals surface area contributed by atoms with Gasteiger partial charge in [0, 0.05) is 5.69 Å². The highest BCUT2D eigenvalue weighted by Crippen LogP contribution is 2.15. The third-order valence-corrected chi connectivity index (χ3v) is 4.44. The second kappa shape index (κ2) is 6.84. The van der Waals surface area contributed by atoms with E-state index < -0.39 is 34.1 Å². The van der Waals surface area contributed by atoms with Gasteiger partial charge in [-0.05, 0) is 48.9 Å². The molecule has 0 aliphatic carbocycles. The number of hydrogen-bond acceptors (Lipinski definition) is 3. The molecule has 122 valence electrons. The van der Waals surface area contributed by atoms with Gasteiger partial charge in [0.1, 0.15) is 11.6 Å². The van der Waals surface area contributed by atoms with Gasteiger partial charge < -0.3 is 5.32 Å². The molecule has 0 aliphatic heterocycles. The molecule has 1 amide bonds. The van der Waals surface area contributed by atoms with Crippen LogP contribution in [0.2, 0.25) is 0 Å². The minimum atomic E-state index is -3.93. The molecule has 0 fully saturated rings. The topological polar surface area (TPSA) is 75.3 Å². The molecule has 0 spiro atoms. The number of hydrogen-bond donors (Lipinski definition) is 2. The van der Waals surface area contributed by atoms with Crippen molar-refractivity contribution in [1.29, 1.82) is 0 Å². The number of halogens is 2. The van der Waals surface area contributed by atoms with Crippen LogP contribution in [0.5, 0.6) is 0 Å². The highest BCUT2D eigenvalue weighted by Gasteiger charge is 2.16. The van der Waals surface area contributed by atoms with E-state index in [4.69, 9.17) is 0 Å². The summed E-state index contributed by atoms with van der Waals surface area (Å²) in [5, 5.41) is 2.42. The fourth-order valence-corrected chi connectivity index (χ4v) is 2.76. The Bertz CT molecular complexity index is 821. The van der Waals surface area contributed by atoms with Crippen molar-refractivity contribution in [3.63, 3.8) is 0 Å². The number of nitrogens with one attached hydrogen (secondary N) is 2. The van der Waals surface area contributed by atoms with Crippen LogP contribution in [0.4, 0.5) is 14.5 Å². The summed E-state index contributed by atoms with van der Waals surface area (Å²) >= 11 is 0. The molecule has 0 aliphatic rings. The minimum absolute atomic E-state index is 0.159. The monoisotopic (exact) mass is 340 g/mol. The van der Waals surface area contributed by atoms with Crippen molar-refractivity contribution in [3.05, 3.63) is 59.7 Å². The van der Waals surface area contributed by atoms with Crippen LogP contribution in [0.25, 0.3) is 0 Å². The Labute approximate surface area is 132 Å². The quantitative estimate of drug-likeness (QED) is 0.876. The molecule has 0 bridgehead atoms. The van der Waals surface area contributed by atoms with E-state index in [1.165, 1.54) is 12.1 Å². The lowest BCUT2D eigenvalue weighted by Crippen LogP contribution is -2.33. The molecule has 0 saturated carbocycles.